The second-order valence-corrected chi connectivity index (χ2v) is 6.96. The second kappa shape index (κ2) is 4.92. The summed E-state index contributed by atoms with van der Waals surface area (Å²) in [5.74, 6) is 0.476. The highest BCUT2D eigenvalue weighted by Gasteiger charge is 2.31. The number of carbonyl (C=O) groups excluding carboxylic acids is 1. The van der Waals surface area contributed by atoms with E-state index in [1.54, 1.807) is 11.3 Å². The predicted molar refractivity (Wildman–Crippen MR) is 74.2 cm³/mol. The van der Waals surface area contributed by atoms with E-state index in [2.05, 4.69) is 18.4 Å². The lowest BCUT2D eigenvalue weighted by molar-refractivity contribution is 0.0292. The highest BCUT2D eigenvalue weighted by molar-refractivity contribution is 7.10. The minimum Gasteiger partial charge on any atom is -0.444 e. The Balaban J connectivity index is 1.97. The first-order chi connectivity index (χ1) is 8.37. The molecule has 0 bridgehead atoms. The molecule has 1 saturated heterocycles. The van der Waals surface area contributed by atoms with Gasteiger partial charge >= 0.3 is 6.09 Å². The molecule has 18 heavy (non-hydrogen) atoms. The fraction of sp³-hybridized carbons (Fsp3) is 0.643. The van der Waals surface area contributed by atoms with Crippen molar-refractivity contribution in [1.29, 1.82) is 0 Å². The minimum atomic E-state index is -0.409. The molecule has 2 heterocycles. The van der Waals surface area contributed by atoms with Crippen LogP contribution in [0.25, 0.3) is 0 Å². The van der Waals surface area contributed by atoms with Gasteiger partial charge in [0.05, 0.1) is 0 Å². The molecule has 0 aromatic carbocycles. The summed E-state index contributed by atoms with van der Waals surface area (Å²) in [6, 6.07) is 2.18. The maximum atomic E-state index is 12.0. The number of rotatable bonds is 1. The molecular formula is C14H21NO2S. The van der Waals surface area contributed by atoms with Crippen LogP contribution in [0.5, 0.6) is 0 Å². The average molecular weight is 267 g/mol. The summed E-state index contributed by atoms with van der Waals surface area (Å²) in [5, 5.41) is 2.13. The van der Waals surface area contributed by atoms with Gasteiger partial charge in [0, 0.05) is 23.9 Å². The van der Waals surface area contributed by atoms with E-state index in [1.807, 2.05) is 25.7 Å². The van der Waals surface area contributed by atoms with Crippen molar-refractivity contribution < 1.29 is 9.53 Å². The van der Waals surface area contributed by atoms with Crippen LogP contribution in [0.2, 0.25) is 0 Å². The van der Waals surface area contributed by atoms with Crippen molar-refractivity contribution >= 4 is 17.4 Å². The molecular weight excluding hydrogens is 246 g/mol. The fourth-order valence-electron chi connectivity index (χ4n) is 2.32. The molecule has 0 aliphatic carbocycles. The lowest BCUT2D eigenvalue weighted by Gasteiger charge is -2.24. The molecule has 0 spiro atoms. The Bertz CT molecular complexity index is 433. The number of hydrogen-bond acceptors (Lipinski definition) is 3. The van der Waals surface area contributed by atoms with Gasteiger partial charge in [-0.05, 0) is 51.1 Å². The smallest absolute Gasteiger partial charge is 0.410 e. The van der Waals surface area contributed by atoms with Gasteiger partial charge in [0.15, 0.2) is 0 Å². The van der Waals surface area contributed by atoms with Crippen LogP contribution < -0.4 is 0 Å². The minimum absolute atomic E-state index is 0.183. The number of amides is 1. The number of likely N-dealkylation sites (tertiary alicyclic amines) is 1. The van der Waals surface area contributed by atoms with Crippen LogP contribution in [-0.2, 0) is 4.74 Å². The number of aryl methyl sites for hydroxylation is 1. The first-order valence-corrected chi connectivity index (χ1v) is 7.27. The SMILES string of the molecule is Cc1sccc1C1CCN(C(=O)OC(C)(C)C)C1. The summed E-state index contributed by atoms with van der Waals surface area (Å²) in [6.45, 7) is 9.45. The third-order valence-electron chi connectivity index (χ3n) is 3.18. The average Bonchev–Trinajstić information content (AvgIpc) is 2.82. The van der Waals surface area contributed by atoms with Gasteiger partial charge in [-0.25, -0.2) is 4.79 Å². The van der Waals surface area contributed by atoms with Gasteiger partial charge in [0.1, 0.15) is 5.60 Å². The molecule has 0 N–H and O–H groups in total. The molecule has 1 aromatic rings. The number of nitrogens with zero attached hydrogens (tertiary/aromatic N) is 1. The zero-order valence-corrected chi connectivity index (χ0v) is 12.3. The van der Waals surface area contributed by atoms with Crippen LogP contribution in [0.3, 0.4) is 0 Å². The largest absolute Gasteiger partial charge is 0.444 e. The van der Waals surface area contributed by atoms with E-state index in [4.69, 9.17) is 4.74 Å². The Morgan fingerprint density at radius 3 is 2.78 bits per heavy atom. The van der Waals surface area contributed by atoms with Gasteiger partial charge in [0.2, 0.25) is 0 Å². The van der Waals surface area contributed by atoms with E-state index in [-0.39, 0.29) is 6.09 Å². The van der Waals surface area contributed by atoms with Crippen molar-refractivity contribution in [2.75, 3.05) is 13.1 Å². The van der Waals surface area contributed by atoms with Gasteiger partial charge in [-0.2, -0.15) is 0 Å². The van der Waals surface area contributed by atoms with E-state index < -0.39 is 5.60 Å². The van der Waals surface area contributed by atoms with E-state index >= 15 is 0 Å². The molecule has 2 rings (SSSR count). The van der Waals surface area contributed by atoms with Crippen molar-refractivity contribution in [3.8, 4) is 0 Å². The lowest BCUT2D eigenvalue weighted by atomic mass is 10.00. The second-order valence-electron chi connectivity index (χ2n) is 5.84. The van der Waals surface area contributed by atoms with Gasteiger partial charge in [-0.3, -0.25) is 0 Å². The Labute approximate surface area is 113 Å². The van der Waals surface area contributed by atoms with Gasteiger partial charge in [-0.15, -0.1) is 11.3 Å². The molecule has 1 unspecified atom stereocenters. The van der Waals surface area contributed by atoms with Crippen molar-refractivity contribution in [2.24, 2.45) is 0 Å². The highest BCUT2D eigenvalue weighted by atomic mass is 32.1. The maximum absolute atomic E-state index is 12.0. The lowest BCUT2D eigenvalue weighted by Crippen LogP contribution is -2.35. The Morgan fingerprint density at radius 1 is 1.50 bits per heavy atom. The quantitative estimate of drug-likeness (QED) is 0.775. The first-order valence-electron chi connectivity index (χ1n) is 6.39. The van der Waals surface area contributed by atoms with Gasteiger partial charge in [-0.1, -0.05) is 0 Å². The van der Waals surface area contributed by atoms with Crippen molar-refractivity contribution in [1.82, 2.24) is 4.90 Å². The van der Waals surface area contributed by atoms with E-state index in [1.165, 1.54) is 10.4 Å². The molecule has 1 aromatic heterocycles. The third-order valence-corrected chi connectivity index (χ3v) is 4.04. The zero-order chi connectivity index (χ0) is 13.3. The van der Waals surface area contributed by atoms with Crippen LogP contribution in [0.15, 0.2) is 11.4 Å². The number of thiophene rings is 1. The Hall–Kier alpha value is -1.03. The van der Waals surface area contributed by atoms with Crippen molar-refractivity contribution in [3.63, 3.8) is 0 Å². The van der Waals surface area contributed by atoms with Crippen molar-refractivity contribution in [2.45, 2.75) is 45.6 Å². The Kier molecular flexibility index (Phi) is 3.66. The Morgan fingerprint density at radius 2 is 2.22 bits per heavy atom. The molecule has 1 fully saturated rings. The topological polar surface area (TPSA) is 29.5 Å². The molecule has 1 atom stereocenters. The summed E-state index contributed by atoms with van der Waals surface area (Å²) in [7, 11) is 0. The number of ether oxygens (including phenoxy) is 1. The first kappa shape index (κ1) is 13.4. The van der Waals surface area contributed by atoms with Gasteiger partial charge < -0.3 is 9.64 Å². The number of carbonyl (C=O) groups is 1. The summed E-state index contributed by atoms with van der Waals surface area (Å²) in [5.41, 5.74) is 0.985. The molecule has 0 saturated carbocycles. The zero-order valence-electron chi connectivity index (χ0n) is 11.5. The van der Waals surface area contributed by atoms with Crippen LogP contribution in [-0.4, -0.2) is 29.7 Å². The van der Waals surface area contributed by atoms with E-state index in [9.17, 15) is 4.79 Å². The fourth-order valence-corrected chi connectivity index (χ4v) is 3.11. The monoisotopic (exact) mass is 267 g/mol. The van der Waals surface area contributed by atoms with E-state index in [0.29, 0.717) is 5.92 Å². The molecule has 1 amide bonds. The molecule has 100 valence electrons. The van der Waals surface area contributed by atoms with Crippen LogP contribution in [0.1, 0.15) is 43.6 Å². The highest BCUT2D eigenvalue weighted by Crippen LogP contribution is 2.32. The summed E-state index contributed by atoms with van der Waals surface area (Å²) < 4.78 is 5.41. The standard InChI is InChI=1S/C14H21NO2S/c1-10-12(6-8-18-10)11-5-7-15(9-11)13(16)17-14(2,3)4/h6,8,11H,5,7,9H2,1-4H3. The normalized spacial score (nSPS) is 20.2. The summed E-state index contributed by atoms with van der Waals surface area (Å²) in [6.07, 6.45) is 0.856. The summed E-state index contributed by atoms with van der Waals surface area (Å²) in [4.78, 5) is 15.2. The molecule has 1 aliphatic heterocycles. The molecule has 1 aliphatic rings. The molecule has 3 nitrogen and oxygen atoms in total. The van der Waals surface area contributed by atoms with Crippen LogP contribution in [0.4, 0.5) is 4.79 Å². The summed E-state index contributed by atoms with van der Waals surface area (Å²) >= 11 is 1.78. The van der Waals surface area contributed by atoms with Crippen molar-refractivity contribution in [3.05, 3.63) is 21.9 Å². The van der Waals surface area contributed by atoms with Gasteiger partial charge in [0.25, 0.3) is 0 Å². The molecule has 4 heteroatoms. The molecule has 0 radical (unpaired) electrons. The number of hydrogen-bond donors (Lipinski definition) is 0. The van der Waals surface area contributed by atoms with Crippen LogP contribution >= 0.6 is 11.3 Å². The predicted octanol–water partition coefficient (Wildman–Crippen LogP) is 3.78. The maximum Gasteiger partial charge on any atom is 0.410 e. The van der Waals surface area contributed by atoms with Crippen LogP contribution in [0, 0.1) is 6.92 Å². The van der Waals surface area contributed by atoms with E-state index in [0.717, 1.165) is 19.5 Å². The third kappa shape index (κ3) is 3.05.